The summed E-state index contributed by atoms with van der Waals surface area (Å²) in [5.74, 6) is -0.518. The molecule has 5 heteroatoms. The average Bonchev–Trinajstić information content (AvgIpc) is 2.54. The Balaban J connectivity index is 2.33. The molecule has 0 fully saturated rings. The first-order chi connectivity index (χ1) is 8.04. The molecule has 2 rings (SSSR count). The number of anilines is 1. The molecule has 1 atom stereocenters. The maximum Gasteiger partial charge on any atom is 0.261 e. The number of rotatable bonds is 3. The molecule has 0 saturated heterocycles. The number of hydrogen-bond acceptors (Lipinski definition) is 4. The molecular formula is C12H15N3O2. The number of nitrogens with one attached hydrogen (secondary N) is 1. The van der Waals surface area contributed by atoms with Crippen molar-refractivity contribution < 1.29 is 9.59 Å². The monoisotopic (exact) mass is 233 g/mol. The first kappa shape index (κ1) is 11.6. The van der Waals surface area contributed by atoms with Gasteiger partial charge in [-0.25, -0.2) is 0 Å². The fraction of sp³-hybridized carbons (Fsp3) is 0.333. The van der Waals surface area contributed by atoms with Crippen molar-refractivity contribution >= 4 is 17.5 Å². The summed E-state index contributed by atoms with van der Waals surface area (Å²) in [6, 6.07) is 5.09. The minimum Gasteiger partial charge on any atom is -0.370 e. The van der Waals surface area contributed by atoms with Crippen LogP contribution >= 0.6 is 0 Å². The van der Waals surface area contributed by atoms with Gasteiger partial charge in [0.05, 0.1) is 17.3 Å². The van der Waals surface area contributed by atoms with Gasteiger partial charge in [0.15, 0.2) is 0 Å². The third-order valence-electron chi connectivity index (χ3n) is 2.88. The van der Waals surface area contributed by atoms with Crippen LogP contribution in [0.4, 0.5) is 5.69 Å². The van der Waals surface area contributed by atoms with Crippen LogP contribution in [0.2, 0.25) is 0 Å². The van der Waals surface area contributed by atoms with Gasteiger partial charge in [0.2, 0.25) is 0 Å². The van der Waals surface area contributed by atoms with Crippen LogP contribution < -0.4 is 11.1 Å². The SMILES string of the molecule is CCC(N)Nc1ccc2c(c1)C(=O)N(C)C2=O. The summed E-state index contributed by atoms with van der Waals surface area (Å²) in [5.41, 5.74) is 7.41. The van der Waals surface area contributed by atoms with Gasteiger partial charge >= 0.3 is 0 Å². The summed E-state index contributed by atoms with van der Waals surface area (Å²) in [5, 5.41) is 3.07. The zero-order valence-electron chi connectivity index (χ0n) is 9.86. The van der Waals surface area contributed by atoms with Crippen molar-refractivity contribution in [1.29, 1.82) is 0 Å². The van der Waals surface area contributed by atoms with Crippen LogP contribution in [0.3, 0.4) is 0 Å². The van der Waals surface area contributed by atoms with Crippen LogP contribution in [0.5, 0.6) is 0 Å². The van der Waals surface area contributed by atoms with Crippen LogP contribution in [0.25, 0.3) is 0 Å². The largest absolute Gasteiger partial charge is 0.370 e. The molecule has 2 amide bonds. The molecule has 17 heavy (non-hydrogen) atoms. The highest BCUT2D eigenvalue weighted by Gasteiger charge is 2.32. The average molecular weight is 233 g/mol. The Labute approximate surface area is 99.6 Å². The molecule has 0 aromatic heterocycles. The number of benzene rings is 1. The number of nitrogens with zero attached hydrogens (tertiary/aromatic N) is 1. The number of hydrogen-bond donors (Lipinski definition) is 2. The predicted octanol–water partition coefficient (Wildman–Crippen LogP) is 1.02. The van der Waals surface area contributed by atoms with Crippen LogP contribution in [0.1, 0.15) is 34.1 Å². The van der Waals surface area contributed by atoms with Gasteiger partial charge in [-0.3, -0.25) is 14.5 Å². The number of carbonyl (C=O) groups is 2. The molecule has 1 aromatic rings. The Bertz CT molecular complexity index is 485. The van der Waals surface area contributed by atoms with Gasteiger partial charge in [-0.05, 0) is 24.6 Å². The van der Waals surface area contributed by atoms with Crippen LogP contribution in [-0.4, -0.2) is 29.9 Å². The lowest BCUT2D eigenvalue weighted by Gasteiger charge is -2.13. The van der Waals surface area contributed by atoms with Gasteiger partial charge in [-0.15, -0.1) is 0 Å². The number of amides is 2. The maximum absolute atomic E-state index is 11.8. The van der Waals surface area contributed by atoms with E-state index in [1.807, 2.05) is 6.92 Å². The molecule has 0 spiro atoms. The van der Waals surface area contributed by atoms with Crippen molar-refractivity contribution in [1.82, 2.24) is 4.90 Å². The molecule has 1 unspecified atom stereocenters. The van der Waals surface area contributed by atoms with Crippen molar-refractivity contribution in [3.63, 3.8) is 0 Å². The van der Waals surface area contributed by atoms with Gasteiger partial charge in [-0.2, -0.15) is 0 Å². The molecule has 1 heterocycles. The van der Waals surface area contributed by atoms with Gasteiger partial charge < -0.3 is 11.1 Å². The summed E-state index contributed by atoms with van der Waals surface area (Å²) in [6.45, 7) is 1.97. The second-order valence-electron chi connectivity index (χ2n) is 4.09. The van der Waals surface area contributed by atoms with E-state index in [-0.39, 0.29) is 18.0 Å². The van der Waals surface area contributed by atoms with E-state index in [1.165, 1.54) is 7.05 Å². The highest BCUT2D eigenvalue weighted by molar-refractivity contribution is 6.21. The van der Waals surface area contributed by atoms with Crippen molar-refractivity contribution in [3.8, 4) is 0 Å². The summed E-state index contributed by atoms with van der Waals surface area (Å²) in [4.78, 5) is 24.5. The Kier molecular flexibility index (Phi) is 2.85. The van der Waals surface area contributed by atoms with E-state index < -0.39 is 0 Å². The molecule has 0 saturated carbocycles. The molecule has 0 aliphatic carbocycles. The fourth-order valence-corrected chi connectivity index (χ4v) is 1.77. The molecule has 1 aliphatic heterocycles. The molecule has 5 nitrogen and oxygen atoms in total. The number of carbonyl (C=O) groups excluding carboxylic acids is 2. The lowest BCUT2D eigenvalue weighted by Crippen LogP contribution is -2.28. The minimum atomic E-state index is -0.265. The lowest BCUT2D eigenvalue weighted by molar-refractivity contribution is 0.0693. The first-order valence-electron chi connectivity index (χ1n) is 5.53. The summed E-state index contributed by atoms with van der Waals surface area (Å²) >= 11 is 0. The van der Waals surface area contributed by atoms with Crippen LogP contribution in [-0.2, 0) is 0 Å². The normalized spacial score (nSPS) is 16.1. The molecule has 1 aliphatic rings. The van der Waals surface area contributed by atoms with Crippen molar-refractivity contribution in [2.45, 2.75) is 19.5 Å². The quantitative estimate of drug-likeness (QED) is 0.603. The van der Waals surface area contributed by atoms with E-state index >= 15 is 0 Å². The predicted molar refractivity (Wildman–Crippen MR) is 64.8 cm³/mol. The summed E-state index contributed by atoms with van der Waals surface area (Å²) in [7, 11) is 1.48. The lowest BCUT2D eigenvalue weighted by atomic mass is 10.1. The summed E-state index contributed by atoms with van der Waals surface area (Å²) < 4.78 is 0. The van der Waals surface area contributed by atoms with Gasteiger partial charge in [-0.1, -0.05) is 6.92 Å². The van der Waals surface area contributed by atoms with Crippen molar-refractivity contribution in [2.75, 3.05) is 12.4 Å². The van der Waals surface area contributed by atoms with Gasteiger partial charge in [0.1, 0.15) is 0 Å². The number of nitrogens with two attached hydrogens (primary N) is 1. The second kappa shape index (κ2) is 4.18. The Hall–Kier alpha value is -1.88. The van der Waals surface area contributed by atoms with E-state index in [9.17, 15) is 9.59 Å². The Morgan fingerprint density at radius 2 is 1.94 bits per heavy atom. The van der Waals surface area contributed by atoms with E-state index in [0.29, 0.717) is 11.1 Å². The zero-order chi connectivity index (χ0) is 12.6. The van der Waals surface area contributed by atoms with E-state index in [1.54, 1.807) is 18.2 Å². The highest BCUT2D eigenvalue weighted by atomic mass is 16.2. The van der Waals surface area contributed by atoms with Crippen molar-refractivity contribution in [3.05, 3.63) is 29.3 Å². The Morgan fingerprint density at radius 3 is 2.59 bits per heavy atom. The first-order valence-corrected chi connectivity index (χ1v) is 5.53. The molecule has 90 valence electrons. The molecular weight excluding hydrogens is 218 g/mol. The third-order valence-corrected chi connectivity index (χ3v) is 2.88. The number of imide groups is 1. The zero-order valence-corrected chi connectivity index (χ0v) is 9.86. The van der Waals surface area contributed by atoms with Crippen LogP contribution in [0, 0.1) is 0 Å². The number of fused-ring (bicyclic) bond motifs is 1. The van der Waals surface area contributed by atoms with Gasteiger partial charge in [0.25, 0.3) is 11.8 Å². The molecule has 0 radical (unpaired) electrons. The van der Waals surface area contributed by atoms with Crippen molar-refractivity contribution in [2.24, 2.45) is 5.73 Å². The highest BCUT2D eigenvalue weighted by Crippen LogP contribution is 2.24. The topological polar surface area (TPSA) is 75.4 Å². The van der Waals surface area contributed by atoms with E-state index in [2.05, 4.69) is 5.32 Å². The molecule has 3 N–H and O–H groups in total. The second-order valence-corrected chi connectivity index (χ2v) is 4.09. The smallest absolute Gasteiger partial charge is 0.261 e. The van der Waals surface area contributed by atoms with Crippen LogP contribution in [0.15, 0.2) is 18.2 Å². The molecule has 1 aromatic carbocycles. The van der Waals surface area contributed by atoms with Gasteiger partial charge in [0, 0.05) is 12.7 Å². The fourth-order valence-electron chi connectivity index (χ4n) is 1.77. The van der Waals surface area contributed by atoms with E-state index in [4.69, 9.17) is 5.73 Å². The Morgan fingerprint density at radius 1 is 1.29 bits per heavy atom. The maximum atomic E-state index is 11.8. The van der Waals surface area contributed by atoms with E-state index in [0.717, 1.165) is 17.0 Å². The standard InChI is InChI=1S/C12H15N3O2/c1-3-10(13)14-7-4-5-8-9(6-7)12(17)15(2)11(8)16/h4-6,10,14H,3,13H2,1-2H3. The minimum absolute atomic E-state index is 0.155. The molecule has 0 bridgehead atoms. The summed E-state index contributed by atoms with van der Waals surface area (Å²) in [6.07, 6.45) is 0.627. The third kappa shape index (κ3) is 1.89.